The van der Waals surface area contributed by atoms with E-state index in [0.29, 0.717) is 24.7 Å². The zero-order chi connectivity index (χ0) is 15.1. The van der Waals surface area contributed by atoms with Crippen LogP contribution in [0.3, 0.4) is 0 Å². The number of nitrogens with two attached hydrogens (primary N) is 1. The van der Waals surface area contributed by atoms with Gasteiger partial charge in [0.1, 0.15) is 5.69 Å². The average molecular weight is 287 g/mol. The van der Waals surface area contributed by atoms with Crippen LogP contribution in [0.4, 0.5) is 16.3 Å². The number of carbonyl (C=O) groups excluding carboxylic acids is 1. The van der Waals surface area contributed by atoms with E-state index in [1.807, 2.05) is 37.3 Å². The Labute approximate surface area is 122 Å². The molecule has 1 aromatic carbocycles. The van der Waals surface area contributed by atoms with Crippen LogP contribution in [0, 0.1) is 0 Å². The van der Waals surface area contributed by atoms with Crippen molar-refractivity contribution in [3.8, 4) is 0 Å². The summed E-state index contributed by atoms with van der Waals surface area (Å²) < 4.78 is 6.76. The monoisotopic (exact) mass is 287 g/mol. The number of amides is 2. The van der Waals surface area contributed by atoms with Gasteiger partial charge in [0.05, 0.1) is 19.3 Å². The van der Waals surface area contributed by atoms with Crippen LogP contribution in [0.1, 0.15) is 12.5 Å². The van der Waals surface area contributed by atoms with E-state index in [4.69, 9.17) is 10.5 Å². The van der Waals surface area contributed by atoms with Crippen molar-refractivity contribution in [2.24, 2.45) is 10.7 Å². The fourth-order valence-corrected chi connectivity index (χ4v) is 1.77. The van der Waals surface area contributed by atoms with E-state index in [0.717, 1.165) is 5.56 Å². The fourth-order valence-electron chi connectivity index (χ4n) is 1.77. The van der Waals surface area contributed by atoms with E-state index in [-0.39, 0.29) is 0 Å². The first-order valence-corrected chi connectivity index (χ1v) is 6.51. The maximum atomic E-state index is 11.0. The zero-order valence-corrected chi connectivity index (χ0v) is 11.7. The largest absolute Gasteiger partial charge is 0.483 e. The van der Waals surface area contributed by atoms with Gasteiger partial charge in [-0.2, -0.15) is 10.1 Å². The molecule has 21 heavy (non-hydrogen) atoms. The molecule has 1 aromatic heterocycles. The average Bonchev–Trinajstić information content (AvgIpc) is 2.82. The van der Waals surface area contributed by atoms with Crippen molar-refractivity contribution in [3.63, 3.8) is 0 Å². The van der Waals surface area contributed by atoms with Crippen LogP contribution in [-0.2, 0) is 11.3 Å². The maximum absolute atomic E-state index is 11.0. The lowest BCUT2D eigenvalue weighted by atomic mass is 10.2. The number of nitrogens with one attached hydrogen (secondary N) is 1. The molecule has 1 heterocycles. The van der Waals surface area contributed by atoms with Crippen molar-refractivity contribution in [1.82, 2.24) is 9.78 Å². The van der Waals surface area contributed by atoms with Gasteiger partial charge in [0.2, 0.25) is 0 Å². The third kappa shape index (κ3) is 4.07. The molecule has 2 rings (SSSR count). The van der Waals surface area contributed by atoms with Gasteiger partial charge in [-0.25, -0.2) is 9.48 Å². The molecule has 0 saturated heterocycles. The number of aliphatic imine (C=N–C) groups is 1. The van der Waals surface area contributed by atoms with Gasteiger partial charge < -0.3 is 15.8 Å². The minimum Gasteiger partial charge on any atom is -0.483 e. The quantitative estimate of drug-likeness (QED) is 0.629. The third-order valence-corrected chi connectivity index (χ3v) is 2.66. The summed E-state index contributed by atoms with van der Waals surface area (Å²) in [4.78, 5) is 15.2. The molecule has 2 aromatic rings. The lowest BCUT2D eigenvalue weighted by Crippen LogP contribution is -2.19. The summed E-state index contributed by atoms with van der Waals surface area (Å²) in [7, 11) is 0. The molecule has 0 unspecified atom stereocenters. The summed E-state index contributed by atoms with van der Waals surface area (Å²) in [5.41, 5.74) is 6.65. The molecule has 7 heteroatoms. The summed E-state index contributed by atoms with van der Waals surface area (Å²) in [5.74, 6) is 0.478. The smallest absolute Gasteiger partial charge is 0.316 e. The summed E-state index contributed by atoms with van der Waals surface area (Å²) in [6, 6.07) is 9.15. The number of rotatable bonds is 6. The lowest BCUT2D eigenvalue weighted by molar-refractivity contribution is 0.259. The van der Waals surface area contributed by atoms with E-state index in [9.17, 15) is 4.79 Å². The number of carbonyl (C=O) groups is 1. The molecule has 0 aliphatic rings. The molecule has 0 atom stereocenters. The number of primary amides is 1. The first-order valence-electron chi connectivity index (χ1n) is 6.51. The Kier molecular flexibility index (Phi) is 4.92. The van der Waals surface area contributed by atoms with Crippen LogP contribution < -0.4 is 11.1 Å². The van der Waals surface area contributed by atoms with Crippen molar-refractivity contribution in [1.29, 1.82) is 0 Å². The van der Waals surface area contributed by atoms with Crippen molar-refractivity contribution in [3.05, 3.63) is 42.1 Å². The molecule has 0 aliphatic carbocycles. The van der Waals surface area contributed by atoms with Gasteiger partial charge in [0.15, 0.2) is 12.2 Å². The minimum atomic E-state index is -0.665. The highest BCUT2D eigenvalue weighted by Crippen LogP contribution is 2.25. The molecule has 3 N–H and O–H groups in total. The Balaban J connectivity index is 2.27. The highest BCUT2D eigenvalue weighted by atomic mass is 16.5. The van der Waals surface area contributed by atoms with E-state index in [1.165, 1.54) is 12.6 Å². The van der Waals surface area contributed by atoms with E-state index in [1.54, 1.807) is 4.68 Å². The molecule has 2 amide bonds. The Bertz CT molecular complexity index is 622. The SMILES string of the molecule is CCOC=Nc1c(NC(N)=O)cnn1Cc1ccccc1. The first kappa shape index (κ1) is 14.6. The first-order chi connectivity index (χ1) is 10.2. The lowest BCUT2D eigenvalue weighted by Gasteiger charge is -2.06. The zero-order valence-electron chi connectivity index (χ0n) is 11.7. The summed E-state index contributed by atoms with van der Waals surface area (Å²) >= 11 is 0. The summed E-state index contributed by atoms with van der Waals surface area (Å²) in [6.45, 7) is 2.89. The normalized spacial score (nSPS) is 10.7. The van der Waals surface area contributed by atoms with Crippen molar-refractivity contribution < 1.29 is 9.53 Å². The third-order valence-electron chi connectivity index (χ3n) is 2.66. The highest BCUT2D eigenvalue weighted by molar-refractivity contribution is 5.90. The number of nitrogens with zero attached hydrogens (tertiary/aromatic N) is 3. The van der Waals surface area contributed by atoms with Crippen LogP contribution in [0.15, 0.2) is 41.5 Å². The maximum Gasteiger partial charge on any atom is 0.316 e. The number of aromatic nitrogens is 2. The predicted molar refractivity (Wildman–Crippen MR) is 80.8 cm³/mol. The molecule has 0 aliphatic heterocycles. The molecule has 0 spiro atoms. The second-order valence-electron chi connectivity index (χ2n) is 4.20. The molecule has 0 fully saturated rings. The molecular formula is C14H17N5O2. The van der Waals surface area contributed by atoms with Crippen LogP contribution in [0.5, 0.6) is 0 Å². The molecular weight excluding hydrogens is 270 g/mol. The second-order valence-corrected chi connectivity index (χ2v) is 4.20. The molecule has 0 bridgehead atoms. The number of hydrogen-bond acceptors (Lipinski definition) is 4. The number of benzene rings is 1. The Morgan fingerprint density at radius 2 is 2.24 bits per heavy atom. The topological polar surface area (TPSA) is 94.5 Å². The molecule has 110 valence electrons. The predicted octanol–water partition coefficient (Wildman–Crippen LogP) is 2.12. The van der Waals surface area contributed by atoms with Crippen LogP contribution in [-0.4, -0.2) is 28.8 Å². The Hall–Kier alpha value is -2.83. The Morgan fingerprint density at radius 1 is 1.48 bits per heavy atom. The van der Waals surface area contributed by atoms with Crippen molar-refractivity contribution >= 4 is 23.9 Å². The van der Waals surface area contributed by atoms with Crippen LogP contribution in [0.25, 0.3) is 0 Å². The highest BCUT2D eigenvalue weighted by Gasteiger charge is 2.11. The number of urea groups is 1. The second kappa shape index (κ2) is 7.09. The van der Waals surface area contributed by atoms with Gasteiger partial charge in [-0.05, 0) is 12.5 Å². The summed E-state index contributed by atoms with van der Waals surface area (Å²) in [5, 5.41) is 6.71. The fraction of sp³-hybridized carbons (Fsp3) is 0.214. The van der Waals surface area contributed by atoms with E-state index < -0.39 is 6.03 Å². The van der Waals surface area contributed by atoms with E-state index >= 15 is 0 Å². The van der Waals surface area contributed by atoms with Gasteiger partial charge in [0.25, 0.3) is 0 Å². The Morgan fingerprint density at radius 3 is 2.90 bits per heavy atom. The standard InChI is InChI=1S/C14H17N5O2/c1-2-21-10-16-13-12(18-14(15)20)8-17-19(13)9-11-6-4-3-5-7-11/h3-8,10H,2,9H2,1H3,(H3,15,18,20). The van der Waals surface area contributed by atoms with Crippen LogP contribution >= 0.6 is 0 Å². The van der Waals surface area contributed by atoms with Crippen molar-refractivity contribution in [2.75, 3.05) is 11.9 Å². The van der Waals surface area contributed by atoms with E-state index in [2.05, 4.69) is 15.4 Å². The number of hydrogen-bond donors (Lipinski definition) is 2. The molecule has 0 radical (unpaired) electrons. The van der Waals surface area contributed by atoms with Gasteiger partial charge in [0, 0.05) is 0 Å². The van der Waals surface area contributed by atoms with Gasteiger partial charge in [-0.3, -0.25) is 0 Å². The summed E-state index contributed by atoms with van der Waals surface area (Å²) in [6.07, 6.45) is 2.83. The van der Waals surface area contributed by atoms with Crippen molar-refractivity contribution in [2.45, 2.75) is 13.5 Å². The number of anilines is 1. The molecule has 0 saturated carbocycles. The van der Waals surface area contributed by atoms with Crippen LogP contribution in [0.2, 0.25) is 0 Å². The van der Waals surface area contributed by atoms with Gasteiger partial charge >= 0.3 is 6.03 Å². The van der Waals surface area contributed by atoms with Gasteiger partial charge in [-0.15, -0.1) is 0 Å². The van der Waals surface area contributed by atoms with Gasteiger partial charge in [-0.1, -0.05) is 30.3 Å². The molecule has 7 nitrogen and oxygen atoms in total. The minimum absolute atomic E-state index is 0.439. The number of ether oxygens (including phenoxy) is 1.